The summed E-state index contributed by atoms with van der Waals surface area (Å²) < 4.78 is 16.6. The molecule has 0 spiro atoms. The molecule has 0 aliphatic heterocycles. The Morgan fingerprint density at radius 3 is 2.41 bits per heavy atom. The van der Waals surface area contributed by atoms with Gasteiger partial charge in [-0.3, -0.25) is 14.9 Å². The predicted octanol–water partition coefficient (Wildman–Crippen LogP) is 6.29. The molecule has 9 heteroatoms. The Hall–Kier alpha value is -4.17. The van der Waals surface area contributed by atoms with Gasteiger partial charge in [-0.25, -0.2) is 4.79 Å². The second-order valence-corrected chi connectivity index (χ2v) is 8.03. The number of carbonyl (C=O) groups excluding carboxylic acids is 1. The van der Waals surface area contributed by atoms with Crippen LogP contribution in [0.2, 0.25) is 5.02 Å². The Morgan fingerprint density at radius 1 is 1.03 bits per heavy atom. The third kappa shape index (κ3) is 4.35. The van der Waals surface area contributed by atoms with Gasteiger partial charge in [-0.2, -0.15) is 0 Å². The molecule has 0 amide bonds. The predicted molar refractivity (Wildman–Crippen MR) is 126 cm³/mol. The SMILES string of the molecule is Cc1cc(Oc2coc3cc(OC(=O)c4cccc([N+](=O)[O-])c4C)ccc3c2=O)cc(C)c1Cl. The summed E-state index contributed by atoms with van der Waals surface area (Å²) in [6.07, 6.45) is 1.18. The number of aryl methyl sites for hydroxylation is 2. The normalized spacial score (nSPS) is 10.8. The molecule has 34 heavy (non-hydrogen) atoms. The number of nitro benzene ring substituents is 1. The average Bonchev–Trinajstić information content (AvgIpc) is 2.79. The number of nitro groups is 1. The number of rotatable bonds is 5. The number of ether oxygens (including phenoxy) is 2. The highest BCUT2D eigenvalue weighted by Crippen LogP contribution is 2.30. The zero-order valence-electron chi connectivity index (χ0n) is 18.4. The van der Waals surface area contributed by atoms with Gasteiger partial charge in [0.1, 0.15) is 23.3 Å². The molecule has 4 rings (SSSR count). The van der Waals surface area contributed by atoms with Crippen LogP contribution in [0.5, 0.6) is 17.2 Å². The van der Waals surface area contributed by atoms with Crippen molar-refractivity contribution in [3.63, 3.8) is 0 Å². The maximum absolute atomic E-state index is 12.9. The van der Waals surface area contributed by atoms with E-state index in [-0.39, 0.29) is 39.3 Å². The second-order valence-electron chi connectivity index (χ2n) is 7.66. The largest absolute Gasteiger partial charge is 0.460 e. The van der Waals surface area contributed by atoms with E-state index in [1.807, 2.05) is 13.8 Å². The molecule has 8 nitrogen and oxygen atoms in total. The van der Waals surface area contributed by atoms with Crippen molar-refractivity contribution in [1.82, 2.24) is 0 Å². The van der Waals surface area contributed by atoms with E-state index < -0.39 is 16.3 Å². The number of hydrogen-bond donors (Lipinski definition) is 0. The summed E-state index contributed by atoms with van der Waals surface area (Å²) in [6.45, 7) is 5.14. The molecule has 4 aromatic rings. The number of benzene rings is 3. The average molecular weight is 480 g/mol. The Labute approximate surface area is 198 Å². The fraction of sp³-hybridized carbons (Fsp3) is 0.120. The number of fused-ring (bicyclic) bond motifs is 1. The molecule has 1 heterocycles. The summed E-state index contributed by atoms with van der Waals surface area (Å²) in [7, 11) is 0. The molecule has 0 atom stereocenters. The Morgan fingerprint density at radius 2 is 1.74 bits per heavy atom. The molecule has 0 saturated carbocycles. The number of halogens is 1. The van der Waals surface area contributed by atoms with E-state index in [0.29, 0.717) is 10.8 Å². The Bertz CT molecular complexity index is 1500. The zero-order chi connectivity index (χ0) is 24.6. The van der Waals surface area contributed by atoms with Crippen molar-refractivity contribution in [1.29, 1.82) is 0 Å². The lowest BCUT2D eigenvalue weighted by atomic mass is 10.1. The van der Waals surface area contributed by atoms with Gasteiger partial charge in [0.15, 0.2) is 0 Å². The fourth-order valence-corrected chi connectivity index (χ4v) is 3.63. The lowest BCUT2D eigenvalue weighted by Crippen LogP contribution is -2.11. The molecule has 1 aromatic heterocycles. The molecule has 172 valence electrons. The molecule has 0 aliphatic carbocycles. The highest BCUT2D eigenvalue weighted by molar-refractivity contribution is 6.32. The molecular weight excluding hydrogens is 462 g/mol. The van der Waals surface area contributed by atoms with E-state index in [0.717, 1.165) is 11.1 Å². The summed E-state index contributed by atoms with van der Waals surface area (Å²) in [6, 6.07) is 11.9. The van der Waals surface area contributed by atoms with E-state index in [1.54, 1.807) is 12.1 Å². The van der Waals surface area contributed by atoms with E-state index in [1.165, 1.54) is 49.6 Å². The van der Waals surface area contributed by atoms with E-state index in [4.69, 9.17) is 25.5 Å². The van der Waals surface area contributed by atoms with E-state index >= 15 is 0 Å². The van der Waals surface area contributed by atoms with Crippen molar-refractivity contribution < 1.29 is 23.6 Å². The minimum absolute atomic E-state index is 0.00872. The van der Waals surface area contributed by atoms with E-state index in [2.05, 4.69) is 0 Å². The highest BCUT2D eigenvalue weighted by atomic mass is 35.5. The zero-order valence-corrected chi connectivity index (χ0v) is 19.1. The van der Waals surface area contributed by atoms with Crippen LogP contribution in [0.25, 0.3) is 11.0 Å². The summed E-state index contributed by atoms with van der Waals surface area (Å²) in [5.41, 5.74) is 1.48. The van der Waals surface area contributed by atoms with Gasteiger partial charge in [-0.05, 0) is 62.2 Å². The first kappa shape index (κ1) is 23.0. The van der Waals surface area contributed by atoms with Gasteiger partial charge in [0, 0.05) is 22.7 Å². The van der Waals surface area contributed by atoms with Crippen molar-refractivity contribution in [2.24, 2.45) is 0 Å². The lowest BCUT2D eigenvalue weighted by Gasteiger charge is -2.10. The van der Waals surface area contributed by atoms with Crippen LogP contribution in [0.1, 0.15) is 27.0 Å². The third-order valence-corrected chi connectivity index (χ3v) is 5.88. The van der Waals surface area contributed by atoms with Crippen molar-refractivity contribution in [2.75, 3.05) is 0 Å². The van der Waals surface area contributed by atoms with Gasteiger partial charge < -0.3 is 13.9 Å². The maximum atomic E-state index is 12.9. The van der Waals surface area contributed by atoms with Crippen LogP contribution >= 0.6 is 11.6 Å². The van der Waals surface area contributed by atoms with Crippen molar-refractivity contribution in [3.8, 4) is 17.2 Å². The summed E-state index contributed by atoms with van der Waals surface area (Å²) in [5.74, 6) is -0.213. The van der Waals surface area contributed by atoms with E-state index in [9.17, 15) is 19.7 Å². The van der Waals surface area contributed by atoms with Gasteiger partial charge in [0.2, 0.25) is 11.2 Å². The van der Waals surface area contributed by atoms with Crippen molar-refractivity contribution in [2.45, 2.75) is 20.8 Å². The molecule has 0 bridgehead atoms. The van der Waals surface area contributed by atoms with Crippen molar-refractivity contribution in [3.05, 3.63) is 102 Å². The highest BCUT2D eigenvalue weighted by Gasteiger charge is 2.20. The molecule has 0 aliphatic rings. The van der Waals surface area contributed by atoms with Crippen LogP contribution in [0.15, 0.2) is 64.0 Å². The summed E-state index contributed by atoms with van der Waals surface area (Å²) in [5, 5.41) is 12.0. The summed E-state index contributed by atoms with van der Waals surface area (Å²) >= 11 is 6.18. The minimum atomic E-state index is -0.767. The van der Waals surface area contributed by atoms with Crippen LogP contribution < -0.4 is 14.9 Å². The number of hydrogen-bond acceptors (Lipinski definition) is 7. The van der Waals surface area contributed by atoms with Gasteiger partial charge in [-0.1, -0.05) is 17.7 Å². The standard InChI is InChI=1S/C25H18ClNO7/c1-13-9-17(10-14(2)23(13)26)33-22-12-32-21-11-16(7-8-19(21)24(22)28)34-25(29)18-5-4-6-20(15(18)3)27(30)31/h4-12H,1-3H3. The third-order valence-electron chi connectivity index (χ3n) is 5.28. The monoisotopic (exact) mass is 479 g/mol. The van der Waals surface area contributed by atoms with Crippen LogP contribution in [-0.2, 0) is 0 Å². The lowest BCUT2D eigenvalue weighted by molar-refractivity contribution is -0.385. The molecule has 3 aromatic carbocycles. The summed E-state index contributed by atoms with van der Waals surface area (Å²) in [4.78, 5) is 36.0. The molecule has 0 unspecified atom stereocenters. The number of nitrogens with zero attached hydrogens (tertiary/aromatic N) is 1. The Kier molecular flexibility index (Phi) is 6.08. The van der Waals surface area contributed by atoms with Crippen LogP contribution in [0.4, 0.5) is 5.69 Å². The molecule has 0 radical (unpaired) electrons. The van der Waals surface area contributed by atoms with Crippen LogP contribution in [-0.4, -0.2) is 10.9 Å². The number of carbonyl (C=O) groups is 1. The van der Waals surface area contributed by atoms with Gasteiger partial charge in [-0.15, -0.1) is 0 Å². The second kappa shape index (κ2) is 8.99. The van der Waals surface area contributed by atoms with Gasteiger partial charge >= 0.3 is 5.97 Å². The first-order valence-electron chi connectivity index (χ1n) is 10.1. The Balaban J connectivity index is 1.61. The first-order chi connectivity index (χ1) is 16.2. The molecular formula is C25H18ClNO7. The fourth-order valence-electron chi connectivity index (χ4n) is 3.52. The minimum Gasteiger partial charge on any atom is -0.460 e. The maximum Gasteiger partial charge on any atom is 0.344 e. The smallest absolute Gasteiger partial charge is 0.344 e. The van der Waals surface area contributed by atoms with Crippen LogP contribution in [0.3, 0.4) is 0 Å². The van der Waals surface area contributed by atoms with Gasteiger partial charge in [0.05, 0.1) is 15.9 Å². The number of esters is 1. The topological polar surface area (TPSA) is 109 Å². The van der Waals surface area contributed by atoms with Crippen molar-refractivity contribution >= 4 is 34.2 Å². The van der Waals surface area contributed by atoms with Crippen LogP contribution in [0, 0.1) is 30.9 Å². The first-order valence-corrected chi connectivity index (χ1v) is 10.5. The quantitative estimate of drug-likeness (QED) is 0.143. The van der Waals surface area contributed by atoms with Gasteiger partial charge in [0.25, 0.3) is 5.69 Å². The molecule has 0 fully saturated rings. The molecule has 0 saturated heterocycles. The molecule has 0 N–H and O–H groups in total.